The molecule has 4 rings (SSSR count). The van der Waals surface area contributed by atoms with Crippen LogP contribution in [0.2, 0.25) is 0 Å². The lowest BCUT2D eigenvalue weighted by Gasteiger charge is -2.23. The zero-order chi connectivity index (χ0) is 15.0. The van der Waals surface area contributed by atoms with Gasteiger partial charge in [-0.3, -0.25) is 4.79 Å². The average molecular weight is 331 g/mol. The van der Waals surface area contributed by atoms with E-state index in [2.05, 4.69) is 53.1 Å². The van der Waals surface area contributed by atoms with Crippen LogP contribution in [0.25, 0.3) is 10.8 Å². The summed E-state index contributed by atoms with van der Waals surface area (Å²) in [4.78, 5) is 12.4. The van der Waals surface area contributed by atoms with Crippen LogP contribution in [0.5, 0.6) is 0 Å². The number of amides is 1. The highest BCUT2D eigenvalue weighted by Gasteiger charge is 2.57. The topological polar surface area (TPSA) is 41.1 Å². The molecule has 0 aromatic heterocycles. The van der Waals surface area contributed by atoms with Gasteiger partial charge in [0, 0.05) is 12.5 Å². The fourth-order valence-electron chi connectivity index (χ4n) is 3.86. The number of benzene rings is 2. The van der Waals surface area contributed by atoms with E-state index in [0.717, 1.165) is 32.4 Å². The number of rotatable bonds is 3. The van der Waals surface area contributed by atoms with Crippen LogP contribution in [0.4, 0.5) is 0 Å². The van der Waals surface area contributed by atoms with Crippen molar-refractivity contribution in [3.8, 4) is 0 Å². The van der Waals surface area contributed by atoms with E-state index in [-0.39, 0.29) is 24.2 Å². The van der Waals surface area contributed by atoms with Gasteiger partial charge in [0.15, 0.2) is 0 Å². The molecule has 4 heteroatoms. The molecule has 0 radical (unpaired) electrons. The van der Waals surface area contributed by atoms with E-state index in [4.69, 9.17) is 0 Å². The van der Waals surface area contributed by atoms with Crippen LogP contribution in [-0.2, 0) is 11.3 Å². The summed E-state index contributed by atoms with van der Waals surface area (Å²) >= 11 is 0. The predicted molar refractivity (Wildman–Crippen MR) is 95.7 cm³/mol. The van der Waals surface area contributed by atoms with Gasteiger partial charge in [-0.25, -0.2) is 0 Å². The number of piperidine rings is 1. The van der Waals surface area contributed by atoms with Gasteiger partial charge in [0.25, 0.3) is 0 Å². The maximum atomic E-state index is 12.4. The molecule has 3 nitrogen and oxygen atoms in total. The first-order valence-electron chi connectivity index (χ1n) is 8.23. The Morgan fingerprint density at radius 2 is 1.87 bits per heavy atom. The minimum atomic E-state index is 0. The number of carbonyl (C=O) groups is 1. The molecule has 1 atom stereocenters. The summed E-state index contributed by atoms with van der Waals surface area (Å²) in [5.74, 6) is 0.491. The minimum Gasteiger partial charge on any atom is -0.352 e. The Morgan fingerprint density at radius 1 is 1.13 bits per heavy atom. The second kappa shape index (κ2) is 6.50. The third-order valence-electron chi connectivity index (χ3n) is 5.39. The maximum Gasteiger partial charge on any atom is 0.223 e. The van der Waals surface area contributed by atoms with Crippen molar-refractivity contribution >= 4 is 29.1 Å². The normalized spacial score (nSPS) is 21.7. The van der Waals surface area contributed by atoms with Crippen molar-refractivity contribution in [2.45, 2.75) is 25.8 Å². The van der Waals surface area contributed by atoms with E-state index in [1.165, 1.54) is 16.3 Å². The van der Waals surface area contributed by atoms with Gasteiger partial charge in [-0.05, 0) is 60.2 Å². The van der Waals surface area contributed by atoms with Crippen LogP contribution in [0.3, 0.4) is 0 Å². The monoisotopic (exact) mass is 330 g/mol. The van der Waals surface area contributed by atoms with Crippen molar-refractivity contribution in [3.63, 3.8) is 0 Å². The van der Waals surface area contributed by atoms with Gasteiger partial charge in [-0.1, -0.05) is 36.4 Å². The molecule has 2 aromatic rings. The highest BCUT2D eigenvalue weighted by atomic mass is 35.5. The highest BCUT2D eigenvalue weighted by Crippen LogP contribution is 2.58. The van der Waals surface area contributed by atoms with Gasteiger partial charge >= 0.3 is 0 Å². The van der Waals surface area contributed by atoms with E-state index in [1.54, 1.807) is 0 Å². The summed E-state index contributed by atoms with van der Waals surface area (Å²) in [6, 6.07) is 14.7. The molecule has 1 heterocycles. The zero-order valence-corrected chi connectivity index (χ0v) is 14.0. The van der Waals surface area contributed by atoms with Crippen molar-refractivity contribution in [3.05, 3.63) is 48.0 Å². The van der Waals surface area contributed by atoms with Gasteiger partial charge in [0.2, 0.25) is 5.91 Å². The molecule has 1 spiro atoms. The summed E-state index contributed by atoms with van der Waals surface area (Å²) in [7, 11) is 0. The summed E-state index contributed by atoms with van der Waals surface area (Å²) in [6.45, 7) is 2.76. The molecule has 1 unspecified atom stereocenters. The van der Waals surface area contributed by atoms with Gasteiger partial charge in [0.1, 0.15) is 0 Å². The predicted octanol–water partition coefficient (Wildman–Crippen LogP) is 3.27. The largest absolute Gasteiger partial charge is 0.352 e. The van der Waals surface area contributed by atoms with Gasteiger partial charge in [0.05, 0.1) is 0 Å². The summed E-state index contributed by atoms with van der Waals surface area (Å²) in [5, 5.41) is 9.00. The van der Waals surface area contributed by atoms with E-state index in [0.29, 0.717) is 12.0 Å². The van der Waals surface area contributed by atoms with Crippen LogP contribution in [0.1, 0.15) is 24.8 Å². The molecule has 2 N–H and O–H groups in total. The Balaban J connectivity index is 0.00000156. The van der Waals surface area contributed by atoms with Gasteiger partial charge in [-0.15, -0.1) is 12.4 Å². The zero-order valence-electron chi connectivity index (χ0n) is 13.2. The molecule has 23 heavy (non-hydrogen) atoms. The van der Waals surface area contributed by atoms with Crippen LogP contribution in [0, 0.1) is 11.3 Å². The molecule has 2 aliphatic rings. The first-order valence-corrected chi connectivity index (χ1v) is 8.23. The van der Waals surface area contributed by atoms with E-state index in [9.17, 15) is 4.79 Å². The first kappa shape index (κ1) is 16.3. The molecular formula is C19H23ClN2O. The SMILES string of the molecule is Cl.O=C(NCc1ccc2ccccc2c1)C1CC12CCNCC2. The Morgan fingerprint density at radius 3 is 2.65 bits per heavy atom. The second-order valence-electron chi connectivity index (χ2n) is 6.77. The second-order valence-corrected chi connectivity index (χ2v) is 6.77. The van der Waals surface area contributed by atoms with E-state index < -0.39 is 0 Å². The standard InChI is InChI=1S/C19H22N2O.ClH/c22-18(17-12-19(17)7-9-20-10-8-19)21-13-14-5-6-15-3-1-2-4-16(15)11-14;/h1-6,11,17,20H,7-10,12-13H2,(H,21,22);1H. The van der Waals surface area contributed by atoms with Crippen molar-refractivity contribution in [2.75, 3.05) is 13.1 Å². The number of fused-ring (bicyclic) bond motifs is 1. The molecule has 0 bridgehead atoms. The summed E-state index contributed by atoms with van der Waals surface area (Å²) in [5.41, 5.74) is 1.49. The van der Waals surface area contributed by atoms with Crippen molar-refractivity contribution in [2.24, 2.45) is 11.3 Å². The lowest BCUT2D eigenvalue weighted by Crippen LogP contribution is -2.33. The van der Waals surface area contributed by atoms with E-state index >= 15 is 0 Å². The van der Waals surface area contributed by atoms with Crippen LogP contribution >= 0.6 is 12.4 Å². The Bertz CT molecular complexity index is 709. The molecule has 1 saturated heterocycles. The maximum absolute atomic E-state index is 12.4. The van der Waals surface area contributed by atoms with Crippen molar-refractivity contribution < 1.29 is 4.79 Å². The lowest BCUT2D eigenvalue weighted by atomic mass is 9.92. The van der Waals surface area contributed by atoms with Gasteiger partial charge < -0.3 is 10.6 Å². The lowest BCUT2D eigenvalue weighted by molar-refractivity contribution is -0.123. The Hall–Kier alpha value is -1.58. The number of nitrogens with one attached hydrogen (secondary N) is 2. The number of hydrogen-bond acceptors (Lipinski definition) is 2. The fraction of sp³-hybridized carbons (Fsp3) is 0.421. The first-order chi connectivity index (χ1) is 10.8. The molecule has 1 aliphatic heterocycles. The van der Waals surface area contributed by atoms with Crippen molar-refractivity contribution in [1.82, 2.24) is 10.6 Å². The molecule has 1 aliphatic carbocycles. The third kappa shape index (κ3) is 3.22. The number of halogens is 1. The van der Waals surface area contributed by atoms with Crippen LogP contribution in [-0.4, -0.2) is 19.0 Å². The van der Waals surface area contributed by atoms with E-state index in [1.807, 2.05) is 0 Å². The number of carbonyl (C=O) groups excluding carboxylic acids is 1. The van der Waals surface area contributed by atoms with Crippen LogP contribution < -0.4 is 10.6 Å². The highest BCUT2D eigenvalue weighted by molar-refractivity contribution is 5.85. The Labute approximate surface area is 143 Å². The fourth-order valence-corrected chi connectivity index (χ4v) is 3.86. The quantitative estimate of drug-likeness (QED) is 0.907. The van der Waals surface area contributed by atoms with Crippen molar-refractivity contribution in [1.29, 1.82) is 0 Å². The smallest absolute Gasteiger partial charge is 0.223 e. The van der Waals surface area contributed by atoms with Crippen LogP contribution in [0.15, 0.2) is 42.5 Å². The summed E-state index contributed by atoms with van der Waals surface area (Å²) < 4.78 is 0. The average Bonchev–Trinajstić information content (AvgIpc) is 3.26. The number of hydrogen-bond donors (Lipinski definition) is 2. The van der Waals surface area contributed by atoms with Gasteiger partial charge in [-0.2, -0.15) is 0 Å². The molecule has 1 amide bonds. The summed E-state index contributed by atoms with van der Waals surface area (Å²) in [6.07, 6.45) is 3.39. The third-order valence-corrected chi connectivity index (χ3v) is 5.39. The minimum absolute atomic E-state index is 0. The molecule has 122 valence electrons. The molecule has 2 fully saturated rings. The Kier molecular flexibility index (Phi) is 4.60. The molecular weight excluding hydrogens is 308 g/mol. The molecule has 1 saturated carbocycles. The molecule has 2 aromatic carbocycles.